The van der Waals surface area contributed by atoms with E-state index in [1.54, 1.807) is 4.90 Å². The maximum absolute atomic E-state index is 12.6. The molecule has 28 heavy (non-hydrogen) atoms. The average molecular weight is 387 g/mol. The van der Waals surface area contributed by atoms with Crippen LogP contribution in [-0.4, -0.2) is 55.5 Å². The van der Waals surface area contributed by atoms with Gasteiger partial charge in [0, 0.05) is 13.1 Å². The molecule has 1 aliphatic heterocycles. The molecule has 0 radical (unpaired) electrons. The SMILES string of the molecule is COC(=O)C[C@@H]1C(=O)NCCN1CC(=O)N[C@@H](C)c1ccc2c(c1)CCCC2. The van der Waals surface area contributed by atoms with Crippen molar-refractivity contribution >= 4 is 17.8 Å². The maximum Gasteiger partial charge on any atom is 0.307 e. The first-order chi connectivity index (χ1) is 13.5. The van der Waals surface area contributed by atoms with Gasteiger partial charge in [0.15, 0.2) is 0 Å². The van der Waals surface area contributed by atoms with E-state index in [-0.39, 0.29) is 30.8 Å². The number of carbonyl (C=O) groups is 3. The van der Waals surface area contributed by atoms with E-state index in [2.05, 4.69) is 33.6 Å². The van der Waals surface area contributed by atoms with Gasteiger partial charge in [0.1, 0.15) is 6.04 Å². The summed E-state index contributed by atoms with van der Waals surface area (Å²) in [6.07, 6.45) is 4.64. The lowest BCUT2D eigenvalue weighted by atomic mass is 9.89. The topological polar surface area (TPSA) is 87.7 Å². The molecule has 1 aliphatic carbocycles. The smallest absolute Gasteiger partial charge is 0.307 e. The van der Waals surface area contributed by atoms with Crippen LogP contribution in [-0.2, 0) is 32.0 Å². The molecule has 152 valence electrons. The first kappa shape index (κ1) is 20.3. The van der Waals surface area contributed by atoms with E-state index < -0.39 is 12.0 Å². The molecule has 0 bridgehead atoms. The molecule has 7 nitrogen and oxygen atoms in total. The summed E-state index contributed by atoms with van der Waals surface area (Å²) in [7, 11) is 1.29. The van der Waals surface area contributed by atoms with Crippen LogP contribution in [0.5, 0.6) is 0 Å². The minimum atomic E-state index is -0.675. The fraction of sp³-hybridized carbons (Fsp3) is 0.571. The van der Waals surface area contributed by atoms with Crippen LogP contribution in [0.4, 0.5) is 0 Å². The van der Waals surface area contributed by atoms with Gasteiger partial charge in [-0.15, -0.1) is 0 Å². The van der Waals surface area contributed by atoms with Crippen molar-refractivity contribution in [2.75, 3.05) is 26.7 Å². The van der Waals surface area contributed by atoms with Crippen LogP contribution in [0.3, 0.4) is 0 Å². The zero-order valence-corrected chi connectivity index (χ0v) is 16.6. The predicted octanol–water partition coefficient (Wildman–Crippen LogP) is 1.11. The van der Waals surface area contributed by atoms with E-state index in [0.717, 1.165) is 18.4 Å². The van der Waals surface area contributed by atoms with Crippen molar-refractivity contribution in [1.29, 1.82) is 0 Å². The molecular weight excluding hydrogens is 358 g/mol. The Morgan fingerprint density at radius 3 is 2.79 bits per heavy atom. The normalized spacial score (nSPS) is 20.6. The monoisotopic (exact) mass is 387 g/mol. The number of amides is 2. The standard InChI is InChI=1S/C21H29N3O4/c1-14(16-8-7-15-5-3-4-6-17(15)11-16)23-19(25)13-24-10-9-22-21(27)18(24)12-20(26)28-2/h7-8,11,14,18H,3-6,9-10,12-13H2,1-2H3,(H,22,27)(H,23,25)/t14-,18+/m0/s1. The Morgan fingerprint density at radius 1 is 1.29 bits per heavy atom. The molecule has 0 spiro atoms. The van der Waals surface area contributed by atoms with Crippen molar-refractivity contribution in [1.82, 2.24) is 15.5 Å². The lowest BCUT2D eigenvalue weighted by Gasteiger charge is -2.34. The molecule has 2 aliphatic rings. The zero-order chi connectivity index (χ0) is 20.1. The van der Waals surface area contributed by atoms with Crippen LogP contribution in [0.25, 0.3) is 0 Å². The van der Waals surface area contributed by atoms with Crippen molar-refractivity contribution in [3.63, 3.8) is 0 Å². The lowest BCUT2D eigenvalue weighted by Crippen LogP contribution is -2.58. The highest BCUT2D eigenvalue weighted by Gasteiger charge is 2.33. The van der Waals surface area contributed by atoms with Crippen LogP contribution in [0.2, 0.25) is 0 Å². The fourth-order valence-electron chi connectivity index (χ4n) is 3.99. The van der Waals surface area contributed by atoms with E-state index in [9.17, 15) is 14.4 Å². The van der Waals surface area contributed by atoms with E-state index in [1.807, 2.05) is 6.92 Å². The summed E-state index contributed by atoms with van der Waals surface area (Å²) in [6.45, 7) is 3.03. The summed E-state index contributed by atoms with van der Waals surface area (Å²) in [6, 6.07) is 5.67. The van der Waals surface area contributed by atoms with E-state index >= 15 is 0 Å². The van der Waals surface area contributed by atoms with Gasteiger partial charge in [-0.05, 0) is 49.3 Å². The van der Waals surface area contributed by atoms with Gasteiger partial charge < -0.3 is 15.4 Å². The second kappa shape index (κ2) is 9.19. The minimum absolute atomic E-state index is 0.0595. The molecule has 1 fully saturated rings. The van der Waals surface area contributed by atoms with Crippen molar-refractivity contribution in [3.8, 4) is 0 Å². The summed E-state index contributed by atoms with van der Waals surface area (Å²) in [5.74, 6) is -0.864. The molecule has 2 N–H and O–H groups in total. The quantitative estimate of drug-likeness (QED) is 0.714. The highest BCUT2D eigenvalue weighted by atomic mass is 16.5. The second-order valence-corrected chi connectivity index (χ2v) is 7.58. The van der Waals surface area contributed by atoms with Crippen LogP contribution >= 0.6 is 0 Å². The number of nitrogens with zero attached hydrogens (tertiary/aromatic N) is 1. The molecule has 1 aromatic rings. The number of aryl methyl sites for hydroxylation is 2. The van der Waals surface area contributed by atoms with Crippen LogP contribution in [0.15, 0.2) is 18.2 Å². The largest absolute Gasteiger partial charge is 0.469 e. The summed E-state index contributed by atoms with van der Waals surface area (Å²) < 4.78 is 4.68. The number of hydrogen-bond acceptors (Lipinski definition) is 5. The molecule has 0 saturated carbocycles. The maximum atomic E-state index is 12.6. The number of fused-ring (bicyclic) bond motifs is 1. The third-order valence-corrected chi connectivity index (χ3v) is 5.63. The Balaban J connectivity index is 1.60. The molecule has 2 amide bonds. The number of ether oxygens (including phenoxy) is 1. The summed E-state index contributed by atoms with van der Waals surface area (Å²) in [5.41, 5.74) is 3.89. The number of rotatable bonds is 6. The Hall–Kier alpha value is -2.41. The second-order valence-electron chi connectivity index (χ2n) is 7.58. The average Bonchev–Trinajstić information content (AvgIpc) is 2.69. The fourth-order valence-corrected chi connectivity index (χ4v) is 3.99. The van der Waals surface area contributed by atoms with Crippen LogP contribution in [0, 0.1) is 0 Å². The van der Waals surface area contributed by atoms with E-state index in [1.165, 1.54) is 31.1 Å². The third kappa shape index (κ3) is 4.90. The molecule has 0 aromatic heterocycles. The highest BCUT2D eigenvalue weighted by Crippen LogP contribution is 2.24. The lowest BCUT2D eigenvalue weighted by molar-refractivity contribution is -0.146. The molecule has 1 heterocycles. The van der Waals surface area contributed by atoms with Crippen molar-refractivity contribution < 1.29 is 19.1 Å². The summed E-state index contributed by atoms with van der Waals surface area (Å²) in [5, 5.41) is 5.76. The first-order valence-corrected chi connectivity index (χ1v) is 9.97. The number of benzene rings is 1. The minimum Gasteiger partial charge on any atom is -0.469 e. The molecule has 1 aromatic carbocycles. The van der Waals surface area contributed by atoms with Gasteiger partial charge in [-0.2, -0.15) is 0 Å². The molecule has 1 saturated heterocycles. The number of piperazine rings is 1. The molecule has 2 atom stereocenters. The Bertz CT molecular complexity index is 749. The molecule has 7 heteroatoms. The van der Waals surface area contributed by atoms with Crippen molar-refractivity contribution in [3.05, 3.63) is 34.9 Å². The van der Waals surface area contributed by atoms with Crippen LogP contribution < -0.4 is 10.6 Å². The van der Waals surface area contributed by atoms with Gasteiger partial charge in [-0.3, -0.25) is 19.3 Å². The van der Waals surface area contributed by atoms with Gasteiger partial charge >= 0.3 is 5.97 Å². The Morgan fingerprint density at radius 2 is 2.04 bits per heavy atom. The zero-order valence-electron chi connectivity index (χ0n) is 16.6. The van der Waals surface area contributed by atoms with Crippen molar-refractivity contribution in [2.45, 2.75) is 51.1 Å². The number of methoxy groups -OCH3 is 1. The number of esters is 1. The molecule has 3 rings (SSSR count). The summed E-state index contributed by atoms with van der Waals surface area (Å²) >= 11 is 0. The van der Waals surface area contributed by atoms with Gasteiger partial charge in [-0.1, -0.05) is 18.2 Å². The van der Waals surface area contributed by atoms with Crippen LogP contribution in [0.1, 0.15) is 48.9 Å². The van der Waals surface area contributed by atoms with Gasteiger partial charge in [0.2, 0.25) is 11.8 Å². The van der Waals surface area contributed by atoms with Gasteiger partial charge in [0.25, 0.3) is 0 Å². The number of hydrogen-bond donors (Lipinski definition) is 2. The van der Waals surface area contributed by atoms with Gasteiger partial charge in [0.05, 0.1) is 26.1 Å². The molecule has 0 unspecified atom stereocenters. The first-order valence-electron chi connectivity index (χ1n) is 9.97. The third-order valence-electron chi connectivity index (χ3n) is 5.63. The van der Waals surface area contributed by atoms with Gasteiger partial charge in [-0.25, -0.2) is 0 Å². The summed E-state index contributed by atoms with van der Waals surface area (Å²) in [4.78, 5) is 38.1. The highest BCUT2D eigenvalue weighted by molar-refractivity contribution is 5.88. The van der Waals surface area contributed by atoms with E-state index in [0.29, 0.717) is 13.1 Å². The van der Waals surface area contributed by atoms with Crippen molar-refractivity contribution in [2.24, 2.45) is 0 Å². The number of carbonyl (C=O) groups excluding carboxylic acids is 3. The Kier molecular flexibility index (Phi) is 6.67. The molecular formula is C21H29N3O4. The predicted molar refractivity (Wildman–Crippen MR) is 105 cm³/mol. The van der Waals surface area contributed by atoms with E-state index in [4.69, 9.17) is 0 Å². The Labute approximate surface area is 165 Å². The number of nitrogens with one attached hydrogen (secondary N) is 2.